The van der Waals surface area contributed by atoms with Crippen molar-refractivity contribution in [2.24, 2.45) is 0 Å². The van der Waals surface area contributed by atoms with Gasteiger partial charge in [0.05, 0.1) is 6.67 Å². The molecule has 2 rings (SSSR count). The van der Waals surface area contributed by atoms with E-state index in [1.807, 2.05) is 0 Å². The first-order chi connectivity index (χ1) is 8.24. The minimum absolute atomic E-state index is 1.01. The van der Waals surface area contributed by atoms with Gasteiger partial charge >= 0.3 is 0 Å². The molecule has 0 saturated carbocycles. The molecule has 0 radical (unpaired) electrons. The Morgan fingerprint density at radius 2 is 1.88 bits per heavy atom. The van der Waals surface area contributed by atoms with Crippen molar-refractivity contribution in [2.45, 2.75) is 6.54 Å². The number of nitrogens with one attached hydrogen (secondary N) is 1. The van der Waals surface area contributed by atoms with E-state index in [1.165, 1.54) is 5.56 Å². The number of hydrogen-bond donors (Lipinski definition) is 1. The van der Waals surface area contributed by atoms with Gasteiger partial charge in [-0.3, -0.25) is 9.80 Å². The molecule has 17 heavy (non-hydrogen) atoms. The van der Waals surface area contributed by atoms with Crippen molar-refractivity contribution in [2.75, 3.05) is 39.9 Å². The van der Waals surface area contributed by atoms with Crippen LogP contribution in [0.3, 0.4) is 0 Å². The third-order valence-corrected chi connectivity index (χ3v) is 3.55. The predicted octanol–water partition coefficient (Wildman–Crippen LogP) is 1.74. The molecule has 1 heterocycles. The molecule has 1 saturated heterocycles. The van der Waals surface area contributed by atoms with Gasteiger partial charge in [0.15, 0.2) is 0 Å². The molecule has 94 valence electrons. The lowest BCUT2D eigenvalue weighted by Crippen LogP contribution is -2.47. The Balaban J connectivity index is 1.79. The van der Waals surface area contributed by atoms with Gasteiger partial charge in [0.25, 0.3) is 0 Å². The Bertz CT molecular complexity index is 333. The van der Waals surface area contributed by atoms with E-state index in [0.717, 1.165) is 43.9 Å². The molecule has 1 aliphatic heterocycles. The van der Waals surface area contributed by atoms with E-state index in [2.05, 4.69) is 62.4 Å². The smallest absolute Gasteiger partial charge is 0.0507 e. The average Bonchev–Trinajstić information content (AvgIpc) is 2.33. The van der Waals surface area contributed by atoms with Crippen LogP contribution in [0.2, 0.25) is 0 Å². The summed E-state index contributed by atoms with van der Waals surface area (Å²) < 4.78 is 1.14. The molecule has 4 heteroatoms. The first-order valence-electron chi connectivity index (χ1n) is 6.10. The Hall–Kier alpha value is -0.420. The van der Waals surface area contributed by atoms with Crippen molar-refractivity contribution in [3.63, 3.8) is 0 Å². The number of halogens is 1. The van der Waals surface area contributed by atoms with E-state index >= 15 is 0 Å². The molecule has 3 nitrogen and oxygen atoms in total. The largest absolute Gasteiger partial charge is 0.314 e. The fourth-order valence-corrected chi connectivity index (χ4v) is 2.41. The molecule has 1 aromatic rings. The highest BCUT2D eigenvalue weighted by Crippen LogP contribution is 2.11. The normalized spacial score (nSPS) is 17.6. The fourth-order valence-electron chi connectivity index (χ4n) is 2.15. The molecule has 1 aliphatic rings. The molecule has 1 aromatic carbocycles. The Morgan fingerprint density at radius 3 is 2.53 bits per heavy atom. The zero-order chi connectivity index (χ0) is 12.1. The maximum Gasteiger partial charge on any atom is 0.0507 e. The van der Waals surface area contributed by atoms with Gasteiger partial charge in [-0.15, -0.1) is 0 Å². The van der Waals surface area contributed by atoms with E-state index in [0.29, 0.717) is 0 Å². The standard InChI is InChI=1S/C13H20BrN3/c1-16(11-17-8-6-15-7-9-17)10-12-2-4-13(14)5-3-12/h2-5,15H,6-11H2,1H3. The van der Waals surface area contributed by atoms with Crippen LogP contribution in [0.4, 0.5) is 0 Å². The Morgan fingerprint density at radius 1 is 1.24 bits per heavy atom. The van der Waals surface area contributed by atoms with Crippen molar-refractivity contribution in [3.05, 3.63) is 34.3 Å². The van der Waals surface area contributed by atoms with Crippen molar-refractivity contribution in [1.82, 2.24) is 15.1 Å². The third kappa shape index (κ3) is 4.39. The summed E-state index contributed by atoms with van der Waals surface area (Å²) in [6, 6.07) is 8.57. The average molecular weight is 298 g/mol. The summed E-state index contributed by atoms with van der Waals surface area (Å²) in [7, 11) is 2.18. The zero-order valence-electron chi connectivity index (χ0n) is 10.3. The number of rotatable bonds is 4. The van der Waals surface area contributed by atoms with Crippen LogP contribution in [0.25, 0.3) is 0 Å². The van der Waals surface area contributed by atoms with Crippen molar-refractivity contribution in [3.8, 4) is 0 Å². The molecular weight excluding hydrogens is 278 g/mol. The van der Waals surface area contributed by atoms with Crippen molar-refractivity contribution < 1.29 is 0 Å². The van der Waals surface area contributed by atoms with Crippen LogP contribution in [-0.2, 0) is 6.54 Å². The van der Waals surface area contributed by atoms with E-state index in [1.54, 1.807) is 0 Å². The summed E-state index contributed by atoms with van der Waals surface area (Å²) in [6.45, 7) is 6.61. The number of benzene rings is 1. The quantitative estimate of drug-likeness (QED) is 0.913. The maximum atomic E-state index is 3.46. The summed E-state index contributed by atoms with van der Waals surface area (Å²) in [5.74, 6) is 0. The van der Waals surface area contributed by atoms with Crippen molar-refractivity contribution in [1.29, 1.82) is 0 Å². The van der Waals surface area contributed by atoms with Gasteiger partial charge < -0.3 is 5.32 Å². The van der Waals surface area contributed by atoms with E-state index < -0.39 is 0 Å². The third-order valence-electron chi connectivity index (χ3n) is 3.02. The number of nitrogens with zero attached hydrogens (tertiary/aromatic N) is 2. The Labute approximate surface area is 112 Å². The fraction of sp³-hybridized carbons (Fsp3) is 0.538. The predicted molar refractivity (Wildman–Crippen MR) is 74.9 cm³/mol. The topological polar surface area (TPSA) is 18.5 Å². The second-order valence-electron chi connectivity index (χ2n) is 4.65. The van der Waals surface area contributed by atoms with E-state index in [9.17, 15) is 0 Å². The maximum absolute atomic E-state index is 3.46. The van der Waals surface area contributed by atoms with Gasteiger partial charge in [-0.2, -0.15) is 0 Å². The zero-order valence-corrected chi connectivity index (χ0v) is 11.9. The highest BCUT2D eigenvalue weighted by molar-refractivity contribution is 9.10. The summed E-state index contributed by atoms with van der Waals surface area (Å²) in [6.07, 6.45) is 0. The minimum atomic E-state index is 1.01. The summed E-state index contributed by atoms with van der Waals surface area (Å²) in [4.78, 5) is 4.86. The SMILES string of the molecule is CN(Cc1ccc(Br)cc1)CN1CCNCC1. The lowest BCUT2D eigenvalue weighted by molar-refractivity contribution is 0.135. The van der Waals surface area contributed by atoms with Gasteiger partial charge in [-0.25, -0.2) is 0 Å². The van der Waals surface area contributed by atoms with Gasteiger partial charge in [0.2, 0.25) is 0 Å². The molecule has 0 aliphatic carbocycles. The van der Waals surface area contributed by atoms with Gasteiger partial charge in [-0.1, -0.05) is 28.1 Å². The minimum Gasteiger partial charge on any atom is -0.314 e. The van der Waals surface area contributed by atoms with Crippen LogP contribution in [-0.4, -0.2) is 49.7 Å². The highest BCUT2D eigenvalue weighted by Gasteiger charge is 2.11. The second kappa shape index (κ2) is 6.50. The Kier molecular flexibility index (Phi) is 4.98. The summed E-state index contributed by atoms with van der Waals surface area (Å²) in [5.41, 5.74) is 1.37. The van der Waals surface area contributed by atoms with Crippen LogP contribution in [0.5, 0.6) is 0 Å². The van der Waals surface area contributed by atoms with Crippen LogP contribution in [0.15, 0.2) is 28.7 Å². The highest BCUT2D eigenvalue weighted by atomic mass is 79.9. The molecule has 0 atom stereocenters. The van der Waals surface area contributed by atoms with Gasteiger partial charge in [-0.05, 0) is 24.7 Å². The lowest BCUT2D eigenvalue weighted by atomic mass is 10.2. The second-order valence-corrected chi connectivity index (χ2v) is 5.57. The summed E-state index contributed by atoms with van der Waals surface area (Å²) in [5, 5.41) is 3.38. The first kappa shape index (κ1) is 13.0. The monoisotopic (exact) mass is 297 g/mol. The van der Waals surface area contributed by atoms with Crippen LogP contribution < -0.4 is 5.32 Å². The lowest BCUT2D eigenvalue weighted by Gasteiger charge is -2.31. The number of hydrogen-bond acceptors (Lipinski definition) is 3. The van der Waals surface area contributed by atoms with Gasteiger partial charge in [0.1, 0.15) is 0 Å². The number of piperazine rings is 1. The first-order valence-corrected chi connectivity index (χ1v) is 6.89. The van der Waals surface area contributed by atoms with Crippen LogP contribution in [0, 0.1) is 0 Å². The molecule has 0 aromatic heterocycles. The van der Waals surface area contributed by atoms with Crippen molar-refractivity contribution >= 4 is 15.9 Å². The molecular formula is C13H20BrN3. The molecule has 0 bridgehead atoms. The molecule has 1 N–H and O–H groups in total. The van der Waals surface area contributed by atoms with Crippen LogP contribution in [0.1, 0.15) is 5.56 Å². The van der Waals surface area contributed by atoms with E-state index in [-0.39, 0.29) is 0 Å². The summed E-state index contributed by atoms with van der Waals surface area (Å²) >= 11 is 3.46. The van der Waals surface area contributed by atoms with Gasteiger partial charge in [0, 0.05) is 37.2 Å². The molecule has 0 unspecified atom stereocenters. The van der Waals surface area contributed by atoms with Crippen LogP contribution >= 0.6 is 15.9 Å². The molecule has 0 amide bonds. The molecule has 1 fully saturated rings. The molecule has 0 spiro atoms. The van der Waals surface area contributed by atoms with E-state index in [4.69, 9.17) is 0 Å².